The SMILES string of the molecule is O=C(NC(C(=O)O)C1CCCOC1)c1cn(-c2ccccc2)nn1. The van der Waals surface area contributed by atoms with Crippen molar-refractivity contribution < 1.29 is 19.4 Å². The van der Waals surface area contributed by atoms with E-state index in [9.17, 15) is 14.7 Å². The second-order valence-electron chi connectivity index (χ2n) is 5.65. The number of para-hydroxylation sites is 1. The average Bonchev–Trinajstić information content (AvgIpc) is 3.11. The fourth-order valence-corrected chi connectivity index (χ4v) is 2.70. The highest BCUT2D eigenvalue weighted by atomic mass is 16.5. The molecule has 24 heavy (non-hydrogen) atoms. The van der Waals surface area contributed by atoms with Crippen LogP contribution >= 0.6 is 0 Å². The number of hydrogen-bond donors (Lipinski definition) is 2. The summed E-state index contributed by atoms with van der Waals surface area (Å²) in [7, 11) is 0. The molecule has 3 rings (SSSR count). The maximum atomic E-state index is 12.3. The molecule has 1 amide bonds. The van der Waals surface area contributed by atoms with E-state index in [1.165, 1.54) is 10.9 Å². The Balaban J connectivity index is 1.71. The summed E-state index contributed by atoms with van der Waals surface area (Å²) in [5.74, 6) is -1.88. The standard InChI is InChI=1S/C16H18N4O4/c21-15(17-14(16(22)23)11-5-4-8-24-10-11)13-9-20(19-18-13)12-6-2-1-3-7-12/h1-3,6-7,9,11,14H,4-5,8,10H2,(H,17,21)(H,22,23). The van der Waals surface area contributed by atoms with E-state index in [2.05, 4.69) is 15.6 Å². The van der Waals surface area contributed by atoms with Gasteiger partial charge in [-0.05, 0) is 25.0 Å². The molecule has 2 unspecified atom stereocenters. The van der Waals surface area contributed by atoms with Crippen LogP contribution in [0.1, 0.15) is 23.3 Å². The van der Waals surface area contributed by atoms with Gasteiger partial charge in [0.2, 0.25) is 0 Å². The van der Waals surface area contributed by atoms with Crippen LogP contribution in [-0.2, 0) is 9.53 Å². The zero-order valence-corrected chi connectivity index (χ0v) is 13.0. The van der Waals surface area contributed by atoms with Gasteiger partial charge in [-0.25, -0.2) is 9.48 Å². The summed E-state index contributed by atoms with van der Waals surface area (Å²) in [6, 6.07) is 8.23. The highest BCUT2D eigenvalue weighted by molar-refractivity contribution is 5.94. The van der Waals surface area contributed by atoms with E-state index in [4.69, 9.17) is 4.74 Å². The molecule has 126 valence electrons. The number of aromatic nitrogens is 3. The van der Waals surface area contributed by atoms with E-state index in [0.717, 1.165) is 12.1 Å². The van der Waals surface area contributed by atoms with Gasteiger partial charge in [0, 0.05) is 12.5 Å². The molecule has 0 aliphatic carbocycles. The Morgan fingerprint density at radius 1 is 1.33 bits per heavy atom. The normalized spacial score (nSPS) is 18.8. The molecular formula is C16H18N4O4. The molecule has 2 N–H and O–H groups in total. The minimum Gasteiger partial charge on any atom is -0.480 e. The first kappa shape index (κ1) is 16.1. The molecule has 2 atom stereocenters. The Hall–Kier alpha value is -2.74. The van der Waals surface area contributed by atoms with Gasteiger partial charge >= 0.3 is 5.97 Å². The van der Waals surface area contributed by atoms with Crippen molar-refractivity contribution in [1.82, 2.24) is 20.3 Å². The lowest BCUT2D eigenvalue weighted by Gasteiger charge is -2.27. The van der Waals surface area contributed by atoms with Gasteiger partial charge in [0.05, 0.1) is 18.5 Å². The van der Waals surface area contributed by atoms with Crippen LogP contribution in [-0.4, -0.2) is 51.2 Å². The first-order valence-corrected chi connectivity index (χ1v) is 7.74. The number of carbonyl (C=O) groups is 2. The van der Waals surface area contributed by atoms with Gasteiger partial charge < -0.3 is 15.2 Å². The van der Waals surface area contributed by atoms with Gasteiger partial charge in [0.15, 0.2) is 5.69 Å². The van der Waals surface area contributed by atoms with Crippen molar-refractivity contribution in [2.45, 2.75) is 18.9 Å². The number of hydrogen-bond acceptors (Lipinski definition) is 5. The summed E-state index contributed by atoms with van der Waals surface area (Å²) in [5, 5.41) is 19.7. The zero-order chi connectivity index (χ0) is 16.9. The maximum absolute atomic E-state index is 12.3. The lowest BCUT2D eigenvalue weighted by atomic mass is 9.93. The second-order valence-corrected chi connectivity index (χ2v) is 5.65. The van der Waals surface area contributed by atoms with E-state index in [1.54, 1.807) is 0 Å². The number of carboxylic acid groups (broad SMARTS) is 1. The fourth-order valence-electron chi connectivity index (χ4n) is 2.70. The van der Waals surface area contributed by atoms with Gasteiger partial charge in [0.25, 0.3) is 5.91 Å². The van der Waals surface area contributed by atoms with Crippen LogP contribution in [0, 0.1) is 5.92 Å². The van der Waals surface area contributed by atoms with Gasteiger partial charge in [-0.15, -0.1) is 5.10 Å². The number of nitrogens with one attached hydrogen (secondary N) is 1. The molecule has 1 aliphatic rings. The summed E-state index contributed by atoms with van der Waals surface area (Å²) < 4.78 is 6.78. The Bertz CT molecular complexity index is 710. The molecule has 1 aromatic carbocycles. The third-order valence-electron chi connectivity index (χ3n) is 3.97. The first-order chi connectivity index (χ1) is 11.6. The molecule has 0 saturated carbocycles. The molecule has 2 aromatic rings. The summed E-state index contributed by atoms with van der Waals surface area (Å²) in [4.78, 5) is 23.8. The zero-order valence-electron chi connectivity index (χ0n) is 13.0. The monoisotopic (exact) mass is 330 g/mol. The van der Waals surface area contributed by atoms with Crippen LogP contribution in [0.4, 0.5) is 0 Å². The van der Waals surface area contributed by atoms with Crippen LogP contribution < -0.4 is 5.32 Å². The van der Waals surface area contributed by atoms with Crippen molar-refractivity contribution in [2.75, 3.05) is 13.2 Å². The molecule has 0 spiro atoms. The Morgan fingerprint density at radius 2 is 2.12 bits per heavy atom. The van der Waals surface area contributed by atoms with Crippen molar-refractivity contribution in [3.63, 3.8) is 0 Å². The van der Waals surface area contributed by atoms with Crippen LogP contribution in [0.2, 0.25) is 0 Å². The van der Waals surface area contributed by atoms with Gasteiger partial charge in [-0.3, -0.25) is 4.79 Å². The molecule has 1 aliphatic heterocycles. The quantitative estimate of drug-likeness (QED) is 0.843. The van der Waals surface area contributed by atoms with E-state index in [-0.39, 0.29) is 11.6 Å². The highest BCUT2D eigenvalue weighted by Gasteiger charge is 2.32. The Kier molecular flexibility index (Phi) is 4.85. The number of ether oxygens (including phenoxy) is 1. The van der Waals surface area contributed by atoms with Gasteiger partial charge in [0.1, 0.15) is 6.04 Å². The Labute approximate surface area is 138 Å². The smallest absolute Gasteiger partial charge is 0.326 e. The van der Waals surface area contributed by atoms with E-state index >= 15 is 0 Å². The molecule has 8 heteroatoms. The fraction of sp³-hybridized carbons (Fsp3) is 0.375. The summed E-state index contributed by atoms with van der Waals surface area (Å²) in [5.41, 5.74) is 0.835. The van der Waals surface area contributed by atoms with Gasteiger partial charge in [-0.2, -0.15) is 0 Å². The molecule has 1 fully saturated rings. The predicted octanol–water partition coefficient (Wildman–Crippen LogP) is 0.877. The first-order valence-electron chi connectivity index (χ1n) is 7.74. The van der Waals surface area contributed by atoms with E-state index < -0.39 is 17.9 Å². The summed E-state index contributed by atoms with van der Waals surface area (Å²) in [6.45, 7) is 0.955. The van der Waals surface area contributed by atoms with Crippen molar-refractivity contribution in [3.8, 4) is 5.69 Å². The number of amides is 1. The van der Waals surface area contributed by atoms with Gasteiger partial charge in [-0.1, -0.05) is 23.4 Å². The third kappa shape index (κ3) is 3.60. The van der Waals surface area contributed by atoms with Crippen molar-refractivity contribution >= 4 is 11.9 Å². The molecular weight excluding hydrogens is 312 g/mol. The third-order valence-corrected chi connectivity index (χ3v) is 3.97. The summed E-state index contributed by atoms with van der Waals surface area (Å²) >= 11 is 0. The lowest BCUT2D eigenvalue weighted by molar-refractivity contribution is -0.142. The molecule has 8 nitrogen and oxygen atoms in total. The van der Waals surface area contributed by atoms with Crippen molar-refractivity contribution in [3.05, 3.63) is 42.2 Å². The molecule has 1 aromatic heterocycles. The minimum atomic E-state index is -1.07. The van der Waals surface area contributed by atoms with E-state index in [0.29, 0.717) is 19.6 Å². The van der Waals surface area contributed by atoms with Crippen LogP contribution in [0.5, 0.6) is 0 Å². The van der Waals surface area contributed by atoms with Crippen LogP contribution in [0.15, 0.2) is 36.5 Å². The summed E-state index contributed by atoms with van der Waals surface area (Å²) in [6.07, 6.45) is 2.96. The molecule has 2 heterocycles. The predicted molar refractivity (Wildman–Crippen MR) is 83.8 cm³/mol. The molecule has 0 radical (unpaired) electrons. The number of aliphatic carboxylic acids is 1. The van der Waals surface area contributed by atoms with Crippen LogP contribution in [0.3, 0.4) is 0 Å². The number of carboxylic acids is 1. The van der Waals surface area contributed by atoms with E-state index in [1.807, 2.05) is 30.3 Å². The van der Waals surface area contributed by atoms with Crippen molar-refractivity contribution in [2.24, 2.45) is 5.92 Å². The number of nitrogens with zero attached hydrogens (tertiary/aromatic N) is 3. The van der Waals surface area contributed by atoms with Crippen molar-refractivity contribution in [1.29, 1.82) is 0 Å². The average molecular weight is 330 g/mol. The largest absolute Gasteiger partial charge is 0.480 e. The van der Waals surface area contributed by atoms with Crippen LogP contribution in [0.25, 0.3) is 5.69 Å². The maximum Gasteiger partial charge on any atom is 0.326 e. The Morgan fingerprint density at radius 3 is 2.79 bits per heavy atom. The number of benzene rings is 1. The molecule has 1 saturated heterocycles. The topological polar surface area (TPSA) is 106 Å². The second kappa shape index (κ2) is 7.22. The highest BCUT2D eigenvalue weighted by Crippen LogP contribution is 2.18. The number of rotatable bonds is 5. The molecule has 0 bridgehead atoms. The number of carbonyl (C=O) groups excluding carboxylic acids is 1. The lowest BCUT2D eigenvalue weighted by Crippen LogP contribution is -2.48. The minimum absolute atomic E-state index is 0.0711.